The van der Waals surface area contributed by atoms with Gasteiger partial charge in [0, 0.05) is 0 Å². The molecule has 0 radical (unpaired) electrons. The number of hydrogen-bond acceptors (Lipinski definition) is 3. The Hall–Kier alpha value is -0.640. The van der Waals surface area contributed by atoms with Crippen molar-refractivity contribution in [2.75, 3.05) is 0 Å². The Balaban J connectivity index is 2.55. The van der Waals surface area contributed by atoms with Crippen molar-refractivity contribution in [3.8, 4) is 0 Å². The van der Waals surface area contributed by atoms with E-state index in [-0.39, 0.29) is 0 Å². The molecular formula is C15H26O3. The highest BCUT2D eigenvalue weighted by Gasteiger charge is 2.31. The summed E-state index contributed by atoms with van der Waals surface area (Å²) >= 11 is 0. The Morgan fingerprint density at radius 2 is 2.11 bits per heavy atom. The third-order valence-corrected chi connectivity index (χ3v) is 3.80. The van der Waals surface area contributed by atoms with E-state index in [2.05, 4.69) is 17.9 Å². The first-order valence-corrected chi connectivity index (χ1v) is 6.65. The zero-order valence-corrected chi connectivity index (χ0v) is 11.9. The van der Waals surface area contributed by atoms with Crippen LogP contribution in [-0.4, -0.2) is 21.6 Å². The molecule has 1 aliphatic rings. The number of aliphatic hydroxyl groups is 1. The third kappa shape index (κ3) is 4.56. The van der Waals surface area contributed by atoms with Crippen molar-refractivity contribution in [1.29, 1.82) is 0 Å². The van der Waals surface area contributed by atoms with Crippen LogP contribution in [0, 0.1) is 5.92 Å². The molecule has 0 aromatic rings. The largest absolute Gasteiger partial charge is 0.390 e. The van der Waals surface area contributed by atoms with Crippen LogP contribution < -0.4 is 0 Å². The molecule has 18 heavy (non-hydrogen) atoms. The van der Waals surface area contributed by atoms with Gasteiger partial charge in [-0.3, -0.25) is 5.26 Å². The molecule has 0 bridgehead atoms. The van der Waals surface area contributed by atoms with E-state index in [0.717, 1.165) is 19.3 Å². The molecule has 104 valence electrons. The molecule has 0 saturated heterocycles. The Morgan fingerprint density at radius 3 is 2.61 bits per heavy atom. The van der Waals surface area contributed by atoms with Crippen LogP contribution in [0.2, 0.25) is 0 Å². The number of allylic oxidation sites excluding steroid dienone is 2. The minimum absolute atomic E-state index is 0.309. The summed E-state index contributed by atoms with van der Waals surface area (Å²) in [5.41, 5.74) is 0.0330. The van der Waals surface area contributed by atoms with Gasteiger partial charge in [0.05, 0.1) is 5.60 Å². The Kier molecular flexibility index (Phi) is 5.14. The van der Waals surface area contributed by atoms with Crippen molar-refractivity contribution >= 4 is 0 Å². The highest BCUT2D eigenvalue weighted by atomic mass is 17.1. The lowest BCUT2D eigenvalue weighted by molar-refractivity contribution is -0.297. The molecule has 0 spiro atoms. The van der Waals surface area contributed by atoms with Crippen LogP contribution in [0.3, 0.4) is 0 Å². The number of rotatable bonds is 5. The molecule has 3 heteroatoms. The second-order valence-corrected chi connectivity index (χ2v) is 6.18. The van der Waals surface area contributed by atoms with Crippen molar-refractivity contribution < 1.29 is 15.3 Å². The fourth-order valence-electron chi connectivity index (χ4n) is 2.31. The van der Waals surface area contributed by atoms with Gasteiger partial charge in [-0.1, -0.05) is 23.8 Å². The summed E-state index contributed by atoms with van der Waals surface area (Å²) in [5.74, 6) is 0.309. The second kappa shape index (κ2) is 6.00. The SMILES string of the molecule is CC1=CCC([C@](C)(O)C/C=C/C(C)(C)OO)CC1. The van der Waals surface area contributed by atoms with Crippen molar-refractivity contribution in [2.24, 2.45) is 5.92 Å². The summed E-state index contributed by atoms with van der Waals surface area (Å²) < 4.78 is 0. The first-order chi connectivity index (χ1) is 8.27. The Morgan fingerprint density at radius 1 is 1.44 bits per heavy atom. The summed E-state index contributed by atoms with van der Waals surface area (Å²) in [4.78, 5) is 4.33. The fraction of sp³-hybridized carbons (Fsp3) is 0.733. The van der Waals surface area contributed by atoms with Gasteiger partial charge in [0.1, 0.15) is 5.60 Å². The van der Waals surface area contributed by atoms with Crippen molar-refractivity contribution in [3.05, 3.63) is 23.8 Å². The number of hydrogen-bond donors (Lipinski definition) is 2. The smallest absolute Gasteiger partial charge is 0.116 e. The highest BCUT2D eigenvalue weighted by Crippen LogP contribution is 2.34. The lowest BCUT2D eigenvalue weighted by Crippen LogP contribution is -2.35. The van der Waals surface area contributed by atoms with Crippen LogP contribution in [0.4, 0.5) is 0 Å². The molecule has 0 aromatic heterocycles. The van der Waals surface area contributed by atoms with E-state index in [0.29, 0.717) is 12.3 Å². The zero-order valence-electron chi connectivity index (χ0n) is 11.9. The average molecular weight is 254 g/mol. The van der Waals surface area contributed by atoms with Crippen LogP contribution in [0.1, 0.15) is 53.4 Å². The molecule has 1 rings (SSSR count). The Labute approximate surface area is 110 Å². The first kappa shape index (κ1) is 15.4. The molecule has 0 fully saturated rings. The predicted octanol–water partition coefficient (Wildman–Crippen LogP) is 3.70. The molecule has 0 amide bonds. The minimum Gasteiger partial charge on any atom is -0.390 e. The monoisotopic (exact) mass is 254 g/mol. The molecule has 1 unspecified atom stereocenters. The Bertz CT molecular complexity index is 327. The van der Waals surface area contributed by atoms with Crippen LogP contribution in [0.5, 0.6) is 0 Å². The topological polar surface area (TPSA) is 49.7 Å². The van der Waals surface area contributed by atoms with Crippen LogP contribution in [0.25, 0.3) is 0 Å². The van der Waals surface area contributed by atoms with Gasteiger partial charge < -0.3 is 5.11 Å². The van der Waals surface area contributed by atoms with E-state index in [1.807, 2.05) is 13.0 Å². The lowest BCUT2D eigenvalue weighted by atomic mass is 9.77. The normalized spacial score (nSPS) is 25.0. The zero-order chi connectivity index (χ0) is 13.8. The maximum atomic E-state index is 10.5. The van der Waals surface area contributed by atoms with Gasteiger partial charge in [-0.15, -0.1) is 0 Å². The van der Waals surface area contributed by atoms with Gasteiger partial charge in [-0.05, 0) is 59.3 Å². The third-order valence-electron chi connectivity index (χ3n) is 3.80. The van der Waals surface area contributed by atoms with Gasteiger partial charge in [0.25, 0.3) is 0 Å². The predicted molar refractivity (Wildman–Crippen MR) is 73.3 cm³/mol. The van der Waals surface area contributed by atoms with E-state index in [9.17, 15) is 5.11 Å². The van der Waals surface area contributed by atoms with Crippen molar-refractivity contribution in [3.63, 3.8) is 0 Å². The molecule has 0 aromatic carbocycles. The quantitative estimate of drug-likeness (QED) is 0.447. The van der Waals surface area contributed by atoms with Gasteiger partial charge in [-0.25, -0.2) is 4.89 Å². The summed E-state index contributed by atoms with van der Waals surface area (Å²) in [5, 5.41) is 19.2. The molecule has 2 atom stereocenters. The van der Waals surface area contributed by atoms with Crippen LogP contribution in [-0.2, 0) is 4.89 Å². The van der Waals surface area contributed by atoms with Crippen LogP contribution in [0.15, 0.2) is 23.8 Å². The van der Waals surface area contributed by atoms with Gasteiger partial charge in [0.2, 0.25) is 0 Å². The van der Waals surface area contributed by atoms with Gasteiger partial charge in [0.15, 0.2) is 0 Å². The van der Waals surface area contributed by atoms with Crippen LogP contribution >= 0.6 is 0 Å². The summed E-state index contributed by atoms with van der Waals surface area (Å²) in [6.07, 6.45) is 9.56. The molecule has 0 heterocycles. The minimum atomic E-state index is -0.695. The maximum Gasteiger partial charge on any atom is 0.116 e. The van der Waals surface area contributed by atoms with E-state index in [4.69, 9.17) is 5.26 Å². The van der Waals surface area contributed by atoms with Gasteiger partial charge in [-0.2, -0.15) is 0 Å². The standard InChI is InChI=1S/C15H26O3/c1-12-6-8-13(9-7-12)15(4,16)11-5-10-14(2,3)18-17/h5-6,10,13,16-17H,7-9,11H2,1-4H3/b10-5+/t13?,15-/m1/s1. The second-order valence-electron chi connectivity index (χ2n) is 6.18. The maximum absolute atomic E-state index is 10.5. The molecule has 0 aliphatic heterocycles. The average Bonchev–Trinajstić information content (AvgIpc) is 2.29. The van der Waals surface area contributed by atoms with E-state index >= 15 is 0 Å². The van der Waals surface area contributed by atoms with E-state index in [1.54, 1.807) is 19.9 Å². The summed E-state index contributed by atoms with van der Waals surface area (Å²) in [7, 11) is 0. The van der Waals surface area contributed by atoms with E-state index < -0.39 is 11.2 Å². The van der Waals surface area contributed by atoms with E-state index in [1.165, 1.54) is 5.57 Å². The molecule has 3 nitrogen and oxygen atoms in total. The molecular weight excluding hydrogens is 228 g/mol. The highest BCUT2D eigenvalue weighted by molar-refractivity contribution is 5.07. The molecule has 2 N–H and O–H groups in total. The first-order valence-electron chi connectivity index (χ1n) is 6.65. The summed E-state index contributed by atoms with van der Waals surface area (Å²) in [6.45, 7) is 7.57. The lowest BCUT2D eigenvalue weighted by Gasteiger charge is -2.34. The molecule has 1 aliphatic carbocycles. The van der Waals surface area contributed by atoms with Crippen molar-refractivity contribution in [2.45, 2.75) is 64.6 Å². The van der Waals surface area contributed by atoms with Gasteiger partial charge >= 0.3 is 0 Å². The molecule has 0 saturated carbocycles. The fourth-order valence-corrected chi connectivity index (χ4v) is 2.31. The summed E-state index contributed by atoms with van der Waals surface area (Å²) in [6, 6.07) is 0. The van der Waals surface area contributed by atoms with Crippen molar-refractivity contribution in [1.82, 2.24) is 0 Å².